The van der Waals surface area contributed by atoms with Gasteiger partial charge in [0.15, 0.2) is 5.82 Å². The summed E-state index contributed by atoms with van der Waals surface area (Å²) in [5.74, 6) is -0.846. The summed E-state index contributed by atoms with van der Waals surface area (Å²) < 4.78 is 22.0. The molecule has 0 aliphatic heterocycles. The van der Waals surface area contributed by atoms with Crippen LogP contribution in [0.1, 0.15) is 23.2 Å². The average molecular weight is 433 g/mol. The maximum Gasteiger partial charge on any atom is 0.340 e. The Bertz CT molecular complexity index is 1370. The summed E-state index contributed by atoms with van der Waals surface area (Å²) in [4.78, 5) is 32.0. The van der Waals surface area contributed by atoms with Gasteiger partial charge in [0.2, 0.25) is 5.91 Å². The molecule has 1 aromatic carbocycles. The number of carbonyl (C=O) groups excluding carboxylic acids is 2. The molecule has 0 atom stereocenters. The van der Waals surface area contributed by atoms with E-state index in [-0.39, 0.29) is 17.4 Å². The fourth-order valence-corrected chi connectivity index (χ4v) is 3.72. The lowest BCUT2D eigenvalue weighted by atomic mass is 10.0. The van der Waals surface area contributed by atoms with Crippen LogP contribution in [0, 0.1) is 11.7 Å². The van der Waals surface area contributed by atoms with E-state index in [1.807, 2.05) is 0 Å². The first-order valence-electron chi connectivity index (χ1n) is 10.1. The quantitative estimate of drug-likeness (QED) is 0.465. The van der Waals surface area contributed by atoms with Crippen molar-refractivity contribution in [2.45, 2.75) is 12.8 Å². The van der Waals surface area contributed by atoms with Crippen molar-refractivity contribution in [3.63, 3.8) is 0 Å². The highest BCUT2D eigenvalue weighted by atomic mass is 19.1. The van der Waals surface area contributed by atoms with E-state index in [2.05, 4.69) is 20.4 Å². The zero-order valence-electron chi connectivity index (χ0n) is 17.5. The summed E-state index contributed by atoms with van der Waals surface area (Å²) in [5, 5.41) is 7.41. The van der Waals surface area contributed by atoms with Crippen molar-refractivity contribution in [1.82, 2.24) is 19.7 Å². The van der Waals surface area contributed by atoms with Crippen LogP contribution in [0.4, 0.5) is 10.2 Å². The number of nitrogens with zero attached hydrogens (tertiary/aromatic N) is 3. The molecule has 1 aliphatic rings. The lowest BCUT2D eigenvalue weighted by molar-refractivity contribution is -0.117. The molecule has 5 rings (SSSR count). The Labute approximate surface area is 182 Å². The van der Waals surface area contributed by atoms with Gasteiger partial charge in [0, 0.05) is 53.1 Å². The van der Waals surface area contributed by atoms with Crippen LogP contribution in [-0.2, 0) is 16.6 Å². The molecule has 3 aromatic heterocycles. The van der Waals surface area contributed by atoms with Crippen LogP contribution in [0.5, 0.6) is 0 Å². The molecule has 3 heterocycles. The van der Waals surface area contributed by atoms with Gasteiger partial charge in [-0.2, -0.15) is 5.10 Å². The molecule has 1 amide bonds. The number of aromatic amines is 1. The van der Waals surface area contributed by atoms with Gasteiger partial charge in [-0.25, -0.2) is 14.2 Å². The minimum absolute atomic E-state index is 0.0184. The van der Waals surface area contributed by atoms with Gasteiger partial charge in [-0.1, -0.05) is 12.1 Å². The molecule has 0 saturated heterocycles. The van der Waals surface area contributed by atoms with Crippen molar-refractivity contribution in [2.24, 2.45) is 13.0 Å². The first-order chi connectivity index (χ1) is 15.5. The van der Waals surface area contributed by atoms with Crippen LogP contribution in [0.25, 0.3) is 33.3 Å². The molecule has 1 fully saturated rings. The second-order valence-electron chi connectivity index (χ2n) is 7.82. The zero-order valence-corrected chi connectivity index (χ0v) is 17.5. The molecule has 0 bridgehead atoms. The van der Waals surface area contributed by atoms with Gasteiger partial charge in [-0.15, -0.1) is 0 Å². The first kappa shape index (κ1) is 19.9. The van der Waals surface area contributed by atoms with Crippen LogP contribution in [0.2, 0.25) is 0 Å². The van der Waals surface area contributed by atoms with E-state index in [0.717, 1.165) is 12.8 Å². The van der Waals surface area contributed by atoms with E-state index in [1.165, 1.54) is 13.3 Å². The first-order valence-corrected chi connectivity index (χ1v) is 10.1. The van der Waals surface area contributed by atoms with Gasteiger partial charge < -0.3 is 15.0 Å². The molecule has 32 heavy (non-hydrogen) atoms. The molecule has 162 valence electrons. The van der Waals surface area contributed by atoms with E-state index in [0.29, 0.717) is 39.1 Å². The summed E-state index contributed by atoms with van der Waals surface area (Å²) in [6.45, 7) is 0. The van der Waals surface area contributed by atoms with Crippen molar-refractivity contribution in [3.8, 4) is 22.4 Å². The maximum absolute atomic E-state index is 15.5. The van der Waals surface area contributed by atoms with E-state index in [1.54, 1.807) is 48.4 Å². The van der Waals surface area contributed by atoms with Crippen molar-refractivity contribution in [1.29, 1.82) is 0 Å². The summed E-state index contributed by atoms with van der Waals surface area (Å²) >= 11 is 0. The van der Waals surface area contributed by atoms with Crippen LogP contribution >= 0.6 is 0 Å². The molecule has 0 spiro atoms. The van der Waals surface area contributed by atoms with Crippen molar-refractivity contribution >= 4 is 28.6 Å². The standard InChI is InChI=1S/C23H20FN5O3/c1-29-11-13(9-26-29)14-4-3-5-15(19(14)24)18-8-16-17(23(31)32-2)10-25-21(20(16)27-18)28-22(30)12-6-7-12/h3-5,8-12,27H,6-7H2,1-2H3,(H,25,28,30). The summed E-state index contributed by atoms with van der Waals surface area (Å²) in [7, 11) is 3.04. The number of anilines is 1. The van der Waals surface area contributed by atoms with Crippen LogP contribution in [0.3, 0.4) is 0 Å². The molecular formula is C23H20FN5O3. The minimum Gasteiger partial charge on any atom is -0.465 e. The van der Waals surface area contributed by atoms with Gasteiger partial charge in [0.25, 0.3) is 0 Å². The van der Waals surface area contributed by atoms with Crippen LogP contribution in [0.15, 0.2) is 42.9 Å². The smallest absolute Gasteiger partial charge is 0.340 e. The number of benzene rings is 1. The van der Waals surface area contributed by atoms with E-state index >= 15 is 4.39 Å². The number of aryl methyl sites for hydroxylation is 1. The Hall–Kier alpha value is -4.01. The van der Waals surface area contributed by atoms with Crippen molar-refractivity contribution < 1.29 is 18.7 Å². The highest BCUT2D eigenvalue weighted by molar-refractivity contribution is 6.10. The summed E-state index contributed by atoms with van der Waals surface area (Å²) in [5.41, 5.74) is 2.47. The molecule has 1 aliphatic carbocycles. The lowest BCUT2D eigenvalue weighted by Crippen LogP contribution is -2.15. The van der Waals surface area contributed by atoms with Gasteiger partial charge in [-0.05, 0) is 25.0 Å². The van der Waals surface area contributed by atoms with Gasteiger partial charge in [-0.3, -0.25) is 9.48 Å². The number of nitrogens with one attached hydrogen (secondary N) is 2. The number of hydrogen-bond acceptors (Lipinski definition) is 5. The van der Waals surface area contributed by atoms with Gasteiger partial charge in [0.1, 0.15) is 5.82 Å². The number of carbonyl (C=O) groups is 2. The van der Waals surface area contributed by atoms with Gasteiger partial charge in [0.05, 0.1) is 24.4 Å². The number of H-pyrrole nitrogens is 1. The number of rotatable bonds is 5. The van der Waals surface area contributed by atoms with E-state index in [4.69, 9.17) is 4.74 Å². The molecule has 1 saturated carbocycles. The molecule has 0 radical (unpaired) electrons. The lowest BCUT2D eigenvalue weighted by Gasteiger charge is -2.07. The third-order valence-corrected chi connectivity index (χ3v) is 5.57. The fraction of sp³-hybridized carbons (Fsp3) is 0.217. The largest absolute Gasteiger partial charge is 0.465 e. The number of hydrogen-bond donors (Lipinski definition) is 2. The molecule has 4 aromatic rings. The molecule has 0 unspecified atom stereocenters. The SMILES string of the molecule is COC(=O)c1cnc(NC(=O)C2CC2)c2[nH]c(-c3cccc(-c4cnn(C)c4)c3F)cc12. The average Bonchev–Trinajstić information content (AvgIpc) is 3.41. The molecular weight excluding hydrogens is 413 g/mol. The third kappa shape index (κ3) is 3.41. The van der Waals surface area contributed by atoms with Gasteiger partial charge >= 0.3 is 5.97 Å². The highest BCUT2D eigenvalue weighted by Crippen LogP contribution is 2.36. The number of aromatic nitrogens is 4. The third-order valence-electron chi connectivity index (χ3n) is 5.57. The molecule has 9 heteroatoms. The number of fused-ring (bicyclic) bond motifs is 1. The van der Waals surface area contributed by atoms with Crippen LogP contribution < -0.4 is 5.32 Å². The Morgan fingerprint density at radius 2 is 2.03 bits per heavy atom. The number of ether oxygens (including phenoxy) is 1. The Balaban J connectivity index is 1.65. The van der Waals surface area contributed by atoms with Crippen LogP contribution in [-0.4, -0.2) is 38.7 Å². The van der Waals surface area contributed by atoms with Crippen molar-refractivity contribution in [2.75, 3.05) is 12.4 Å². The predicted octanol–water partition coefficient (Wildman–Crippen LogP) is 3.90. The number of amides is 1. The summed E-state index contributed by atoms with van der Waals surface area (Å²) in [6.07, 6.45) is 6.38. The van der Waals surface area contributed by atoms with E-state index in [9.17, 15) is 9.59 Å². The second kappa shape index (κ2) is 7.60. The molecule has 2 N–H and O–H groups in total. The Morgan fingerprint density at radius 1 is 1.25 bits per heavy atom. The Morgan fingerprint density at radius 3 is 2.72 bits per heavy atom. The van der Waals surface area contributed by atoms with Crippen molar-refractivity contribution in [3.05, 3.63) is 54.2 Å². The topological polar surface area (TPSA) is 102 Å². The molecule has 8 nitrogen and oxygen atoms in total. The van der Waals surface area contributed by atoms with E-state index < -0.39 is 11.8 Å². The second-order valence-corrected chi connectivity index (χ2v) is 7.82. The number of pyridine rings is 1. The maximum atomic E-state index is 15.5. The normalized spacial score (nSPS) is 13.3. The summed E-state index contributed by atoms with van der Waals surface area (Å²) in [6, 6.07) is 6.75. The minimum atomic E-state index is -0.572. The number of halogens is 1. The number of methoxy groups -OCH3 is 1. The monoisotopic (exact) mass is 433 g/mol. The predicted molar refractivity (Wildman–Crippen MR) is 116 cm³/mol. The highest BCUT2D eigenvalue weighted by Gasteiger charge is 2.30. The Kier molecular flexibility index (Phi) is 4.73. The zero-order chi connectivity index (χ0) is 22.4. The number of esters is 1. The fourth-order valence-electron chi connectivity index (χ4n) is 3.72.